The van der Waals surface area contributed by atoms with E-state index in [2.05, 4.69) is 5.32 Å². The molecule has 0 unspecified atom stereocenters. The summed E-state index contributed by atoms with van der Waals surface area (Å²) >= 11 is 6.02. The van der Waals surface area contributed by atoms with E-state index in [1.165, 1.54) is 24.3 Å². The molecule has 3 rings (SSSR count). The Kier molecular flexibility index (Phi) is 7.60. The number of carboxylic acid groups (broad SMARTS) is 1. The SMILES string of the molecule is O=C(O)Cc1ccc(Cl)c(NC(=O)c2ccc(OCCc3ccccc3)cc2C(F)(F)F)c1. The van der Waals surface area contributed by atoms with Crippen molar-refractivity contribution >= 4 is 29.2 Å². The summed E-state index contributed by atoms with van der Waals surface area (Å²) in [6.45, 7) is 0.166. The third-order valence-corrected chi connectivity index (χ3v) is 5.01. The molecule has 0 saturated carbocycles. The Bertz CT molecular complexity index is 1150. The van der Waals surface area contributed by atoms with Gasteiger partial charge in [0.25, 0.3) is 5.91 Å². The summed E-state index contributed by atoms with van der Waals surface area (Å²) in [5.74, 6) is -2.15. The van der Waals surface area contributed by atoms with Gasteiger partial charge in [0.05, 0.1) is 34.9 Å². The fourth-order valence-corrected chi connectivity index (χ4v) is 3.28. The van der Waals surface area contributed by atoms with E-state index in [1.54, 1.807) is 0 Å². The Morgan fingerprint density at radius 1 is 0.970 bits per heavy atom. The zero-order chi connectivity index (χ0) is 24.0. The van der Waals surface area contributed by atoms with Crippen molar-refractivity contribution in [2.45, 2.75) is 19.0 Å². The van der Waals surface area contributed by atoms with Gasteiger partial charge in [-0.1, -0.05) is 48.0 Å². The number of carbonyl (C=O) groups excluding carboxylic acids is 1. The summed E-state index contributed by atoms with van der Waals surface area (Å²) in [4.78, 5) is 23.5. The van der Waals surface area contributed by atoms with Crippen LogP contribution in [0, 0.1) is 0 Å². The molecule has 0 aromatic heterocycles. The predicted molar refractivity (Wildman–Crippen MR) is 118 cm³/mol. The van der Waals surface area contributed by atoms with Crippen molar-refractivity contribution in [1.82, 2.24) is 0 Å². The maximum Gasteiger partial charge on any atom is 0.417 e. The van der Waals surface area contributed by atoms with E-state index in [9.17, 15) is 22.8 Å². The molecule has 0 aliphatic carbocycles. The van der Waals surface area contributed by atoms with Crippen LogP contribution in [0.25, 0.3) is 0 Å². The van der Waals surface area contributed by atoms with E-state index in [0.29, 0.717) is 12.0 Å². The van der Waals surface area contributed by atoms with E-state index in [0.717, 1.165) is 17.7 Å². The first-order valence-corrected chi connectivity index (χ1v) is 10.2. The summed E-state index contributed by atoms with van der Waals surface area (Å²) < 4.78 is 46.5. The van der Waals surface area contributed by atoms with Crippen LogP contribution >= 0.6 is 11.6 Å². The van der Waals surface area contributed by atoms with Crippen molar-refractivity contribution in [1.29, 1.82) is 0 Å². The maximum atomic E-state index is 13.7. The molecule has 9 heteroatoms. The van der Waals surface area contributed by atoms with Crippen molar-refractivity contribution in [3.63, 3.8) is 0 Å². The maximum absolute atomic E-state index is 13.7. The van der Waals surface area contributed by atoms with E-state index >= 15 is 0 Å². The first kappa shape index (κ1) is 24.1. The van der Waals surface area contributed by atoms with Crippen LogP contribution in [0.5, 0.6) is 5.75 Å². The number of benzene rings is 3. The van der Waals surface area contributed by atoms with Crippen LogP contribution in [0.1, 0.15) is 27.0 Å². The minimum Gasteiger partial charge on any atom is -0.493 e. The van der Waals surface area contributed by atoms with Crippen LogP contribution in [0.15, 0.2) is 66.7 Å². The van der Waals surface area contributed by atoms with Gasteiger partial charge in [0.2, 0.25) is 0 Å². The van der Waals surface area contributed by atoms with Crippen LogP contribution < -0.4 is 10.1 Å². The van der Waals surface area contributed by atoms with Crippen molar-refractivity contribution in [3.8, 4) is 5.75 Å². The largest absolute Gasteiger partial charge is 0.493 e. The molecule has 3 aromatic rings. The first-order chi connectivity index (χ1) is 15.6. The predicted octanol–water partition coefficient (Wildman–Crippen LogP) is 5.86. The minimum absolute atomic E-state index is 0.0109. The molecule has 33 heavy (non-hydrogen) atoms. The van der Waals surface area contributed by atoms with Crippen LogP contribution in [0.2, 0.25) is 5.02 Å². The summed E-state index contributed by atoms with van der Waals surface area (Å²) in [6, 6.07) is 16.6. The van der Waals surface area contributed by atoms with Gasteiger partial charge in [-0.3, -0.25) is 9.59 Å². The Morgan fingerprint density at radius 2 is 1.70 bits per heavy atom. The number of rotatable bonds is 8. The smallest absolute Gasteiger partial charge is 0.417 e. The molecule has 1 amide bonds. The number of hydrogen-bond acceptors (Lipinski definition) is 3. The highest BCUT2D eigenvalue weighted by Gasteiger charge is 2.36. The number of carbonyl (C=O) groups is 2. The zero-order valence-corrected chi connectivity index (χ0v) is 17.9. The molecule has 0 aliphatic rings. The molecule has 0 spiro atoms. The number of aliphatic carboxylic acids is 1. The summed E-state index contributed by atoms with van der Waals surface area (Å²) in [5.41, 5.74) is -0.448. The van der Waals surface area contributed by atoms with E-state index in [4.69, 9.17) is 21.4 Å². The lowest BCUT2D eigenvalue weighted by molar-refractivity contribution is -0.138. The van der Waals surface area contributed by atoms with Gasteiger partial charge in [-0.05, 0) is 41.5 Å². The van der Waals surface area contributed by atoms with Gasteiger partial charge < -0.3 is 15.2 Å². The third-order valence-electron chi connectivity index (χ3n) is 4.68. The number of halogens is 4. The second-order valence-corrected chi connectivity index (χ2v) is 7.54. The quantitative estimate of drug-likeness (QED) is 0.426. The second-order valence-electron chi connectivity index (χ2n) is 7.13. The number of alkyl halides is 3. The van der Waals surface area contributed by atoms with E-state index < -0.39 is 29.2 Å². The standard InChI is InChI=1S/C24H19ClF3NO4/c25-20-9-6-16(13-22(30)31)12-21(20)29-23(32)18-8-7-17(14-19(18)24(26,27)28)33-11-10-15-4-2-1-3-5-15/h1-9,12,14H,10-11,13H2,(H,29,32)(H,30,31). The number of nitrogens with one attached hydrogen (secondary N) is 1. The molecule has 0 fully saturated rings. The molecule has 172 valence electrons. The van der Waals surface area contributed by atoms with Gasteiger partial charge in [0, 0.05) is 6.42 Å². The van der Waals surface area contributed by atoms with Crippen molar-refractivity contribution < 1.29 is 32.6 Å². The Hall–Kier alpha value is -3.52. The highest BCUT2D eigenvalue weighted by molar-refractivity contribution is 6.34. The molecule has 0 radical (unpaired) electrons. The zero-order valence-electron chi connectivity index (χ0n) is 17.2. The lowest BCUT2D eigenvalue weighted by Crippen LogP contribution is -2.19. The fraction of sp³-hybridized carbons (Fsp3) is 0.167. The van der Waals surface area contributed by atoms with E-state index in [-0.39, 0.29) is 29.5 Å². The van der Waals surface area contributed by atoms with Gasteiger partial charge in [-0.25, -0.2) is 0 Å². The second kappa shape index (κ2) is 10.4. The summed E-state index contributed by atoms with van der Waals surface area (Å²) in [6.07, 6.45) is -4.63. The number of anilines is 1. The molecule has 0 atom stereocenters. The lowest BCUT2D eigenvalue weighted by atomic mass is 10.1. The van der Waals surface area contributed by atoms with Gasteiger partial charge in [-0.15, -0.1) is 0 Å². The Balaban J connectivity index is 1.79. The average molecular weight is 478 g/mol. The van der Waals surface area contributed by atoms with Gasteiger partial charge in [-0.2, -0.15) is 13.2 Å². The average Bonchev–Trinajstić information content (AvgIpc) is 2.76. The normalized spacial score (nSPS) is 11.2. The van der Waals surface area contributed by atoms with Crippen LogP contribution in [-0.4, -0.2) is 23.6 Å². The molecule has 0 bridgehead atoms. The first-order valence-electron chi connectivity index (χ1n) is 9.83. The third kappa shape index (κ3) is 6.73. The van der Waals surface area contributed by atoms with Crippen molar-refractivity contribution in [2.24, 2.45) is 0 Å². The van der Waals surface area contributed by atoms with Gasteiger partial charge in [0.15, 0.2) is 0 Å². The molecule has 5 nitrogen and oxygen atoms in total. The number of hydrogen-bond donors (Lipinski definition) is 2. The van der Waals surface area contributed by atoms with Crippen molar-refractivity contribution in [3.05, 3.63) is 94.0 Å². The van der Waals surface area contributed by atoms with Gasteiger partial charge in [0.1, 0.15) is 5.75 Å². The molecular formula is C24H19ClF3NO4. The molecular weight excluding hydrogens is 459 g/mol. The molecule has 3 aromatic carbocycles. The minimum atomic E-state index is -4.81. The van der Waals surface area contributed by atoms with Gasteiger partial charge >= 0.3 is 12.1 Å². The summed E-state index contributed by atoms with van der Waals surface area (Å²) in [7, 11) is 0. The van der Waals surface area contributed by atoms with E-state index in [1.807, 2.05) is 30.3 Å². The highest BCUT2D eigenvalue weighted by atomic mass is 35.5. The highest BCUT2D eigenvalue weighted by Crippen LogP contribution is 2.35. The molecule has 0 aliphatic heterocycles. The Labute approximate surface area is 192 Å². The monoisotopic (exact) mass is 477 g/mol. The van der Waals surface area contributed by atoms with Crippen LogP contribution in [0.3, 0.4) is 0 Å². The number of ether oxygens (including phenoxy) is 1. The Morgan fingerprint density at radius 3 is 2.36 bits per heavy atom. The van der Waals surface area contributed by atoms with Crippen LogP contribution in [-0.2, 0) is 23.8 Å². The summed E-state index contributed by atoms with van der Waals surface area (Å²) in [5, 5.41) is 11.3. The molecule has 0 saturated heterocycles. The van der Waals surface area contributed by atoms with Crippen molar-refractivity contribution in [2.75, 3.05) is 11.9 Å². The number of carboxylic acids is 1. The van der Waals surface area contributed by atoms with Crippen LogP contribution in [0.4, 0.5) is 18.9 Å². The molecule has 2 N–H and O–H groups in total. The topological polar surface area (TPSA) is 75.6 Å². The lowest BCUT2D eigenvalue weighted by Gasteiger charge is -2.16. The fourth-order valence-electron chi connectivity index (χ4n) is 3.12. The molecule has 0 heterocycles. The number of amides is 1.